The molecule has 0 saturated carbocycles. The van der Waals surface area contributed by atoms with Gasteiger partial charge in [0.1, 0.15) is 5.69 Å². The molecule has 14 heavy (non-hydrogen) atoms. The van der Waals surface area contributed by atoms with E-state index >= 15 is 0 Å². The molecule has 0 fully saturated rings. The van der Waals surface area contributed by atoms with Gasteiger partial charge in [-0.25, -0.2) is 0 Å². The number of aromatic nitrogens is 2. The van der Waals surface area contributed by atoms with Gasteiger partial charge in [-0.15, -0.1) is 0 Å². The minimum atomic E-state index is -0.289. The number of H-pyrrole nitrogens is 1. The molecule has 0 spiro atoms. The number of nitrogens with zero attached hydrogens (tertiary/aromatic N) is 1. The van der Waals surface area contributed by atoms with Gasteiger partial charge in [0, 0.05) is 16.9 Å². The number of carbonyl (C=O) groups is 1. The number of aromatic amines is 1. The van der Waals surface area contributed by atoms with Crippen LogP contribution in [0.4, 0.5) is 0 Å². The van der Waals surface area contributed by atoms with Crippen LogP contribution in [-0.4, -0.2) is 32.3 Å². The molecule has 1 amide bonds. The second-order valence-electron chi connectivity index (χ2n) is 3.25. The van der Waals surface area contributed by atoms with Crippen molar-refractivity contribution in [1.29, 1.82) is 0 Å². The molecule has 0 aliphatic heterocycles. The fourth-order valence-electron chi connectivity index (χ4n) is 0.826. The van der Waals surface area contributed by atoms with Gasteiger partial charge in [-0.3, -0.25) is 9.89 Å². The third kappa shape index (κ3) is 2.81. The number of hydrogen-bond acceptors (Lipinski definition) is 2. The zero-order valence-corrected chi connectivity index (χ0v) is 10.9. The van der Waals surface area contributed by atoms with Crippen LogP contribution < -0.4 is 5.32 Å². The van der Waals surface area contributed by atoms with E-state index in [1.165, 1.54) is 0 Å². The number of rotatable bonds is 4. The van der Waals surface area contributed by atoms with Gasteiger partial charge < -0.3 is 5.32 Å². The molecule has 1 aromatic rings. The molecule has 0 saturated heterocycles. The number of amides is 1. The summed E-state index contributed by atoms with van der Waals surface area (Å²) in [6, 6.07) is 1.64. The Bertz CT molecular complexity index is 296. The summed E-state index contributed by atoms with van der Waals surface area (Å²) < 4.78 is 0. The van der Waals surface area contributed by atoms with E-state index in [1.807, 2.05) is 6.92 Å². The first kappa shape index (κ1) is 11.7. The van der Waals surface area contributed by atoms with Crippen molar-refractivity contribution < 1.29 is 4.79 Å². The molecule has 1 aromatic heterocycles. The van der Waals surface area contributed by atoms with Crippen LogP contribution in [0, 0.1) is 0 Å². The van der Waals surface area contributed by atoms with Crippen LogP contribution in [0.2, 0.25) is 0 Å². The lowest BCUT2D eigenvalue weighted by molar-refractivity contribution is 0.0918. The van der Waals surface area contributed by atoms with Gasteiger partial charge in [-0.1, -0.05) is 31.9 Å². The predicted molar refractivity (Wildman–Crippen MR) is 62.0 cm³/mol. The Morgan fingerprint density at radius 2 is 2.29 bits per heavy atom. The van der Waals surface area contributed by atoms with E-state index in [9.17, 15) is 4.79 Å². The number of nitrogens with one attached hydrogen (secondary N) is 2. The van der Waals surface area contributed by atoms with Crippen molar-refractivity contribution >= 4 is 37.8 Å². The second-order valence-corrected chi connectivity index (χ2v) is 4.37. The summed E-state index contributed by atoms with van der Waals surface area (Å²) in [5.74, 6) is -0.149. The topological polar surface area (TPSA) is 57.8 Å². The summed E-state index contributed by atoms with van der Waals surface area (Å²) in [6.07, 6.45) is 1.55. The van der Waals surface area contributed by atoms with Crippen LogP contribution in [0.25, 0.3) is 0 Å². The van der Waals surface area contributed by atoms with E-state index in [0.29, 0.717) is 16.4 Å². The molecule has 78 valence electrons. The zero-order chi connectivity index (χ0) is 10.6. The second kappa shape index (κ2) is 4.93. The standard InChI is InChI=1S/C8H11Br2N3O/c1-8(4-9,5-10)12-7(14)6-2-3-11-13-6/h2-3H,4-5H2,1H3,(H,11,13)(H,12,14). The molecule has 0 unspecified atom stereocenters. The van der Waals surface area contributed by atoms with Crippen molar-refractivity contribution in [3.63, 3.8) is 0 Å². The Morgan fingerprint density at radius 1 is 1.64 bits per heavy atom. The van der Waals surface area contributed by atoms with Crippen LogP contribution in [0.15, 0.2) is 12.3 Å². The Hall–Kier alpha value is -0.360. The molecule has 0 bridgehead atoms. The molecule has 0 aromatic carbocycles. The SMILES string of the molecule is CC(CBr)(CBr)NC(=O)c1ccn[nH]1. The van der Waals surface area contributed by atoms with E-state index in [0.717, 1.165) is 0 Å². The highest BCUT2D eigenvalue weighted by Gasteiger charge is 2.24. The Balaban J connectivity index is 2.65. The van der Waals surface area contributed by atoms with Crippen LogP contribution in [-0.2, 0) is 0 Å². The van der Waals surface area contributed by atoms with Crippen LogP contribution in [0.1, 0.15) is 17.4 Å². The third-order valence-electron chi connectivity index (χ3n) is 1.75. The highest BCUT2D eigenvalue weighted by molar-refractivity contribution is 9.09. The lowest BCUT2D eigenvalue weighted by Crippen LogP contribution is -2.49. The normalized spacial score (nSPS) is 11.4. The van der Waals surface area contributed by atoms with Gasteiger partial charge in [0.2, 0.25) is 0 Å². The van der Waals surface area contributed by atoms with Gasteiger partial charge in [0.05, 0.1) is 5.54 Å². The summed E-state index contributed by atoms with van der Waals surface area (Å²) in [5, 5.41) is 10.6. The average molecular weight is 325 g/mol. The van der Waals surface area contributed by atoms with Crippen LogP contribution in [0.3, 0.4) is 0 Å². The van der Waals surface area contributed by atoms with Crippen molar-refractivity contribution in [1.82, 2.24) is 15.5 Å². The highest BCUT2D eigenvalue weighted by atomic mass is 79.9. The molecular formula is C8H11Br2N3O. The summed E-state index contributed by atoms with van der Waals surface area (Å²) in [5.41, 5.74) is 0.181. The first-order valence-electron chi connectivity index (χ1n) is 4.05. The van der Waals surface area contributed by atoms with E-state index in [-0.39, 0.29) is 11.4 Å². The Kier molecular flexibility index (Phi) is 4.12. The first-order valence-corrected chi connectivity index (χ1v) is 6.29. The molecule has 1 rings (SSSR count). The van der Waals surface area contributed by atoms with Gasteiger partial charge in [0.25, 0.3) is 5.91 Å². The molecule has 0 radical (unpaired) electrons. The summed E-state index contributed by atoms with van der Waals surface area (Å²) >= 11 is 6.71. The quantitative estimate of drug-likeness (QED) is 0.828. The number of alkyl halides is 2. The Morgan fingerprint density at radius 3 is 2.71 bits per heavy atom. The van der Waals surface area contributed by atoms with Crippen LogP contribution >= 0.6 is 31.9 Å². The minimum Gasteiger partial charge on any atom is -0.344 e. The van der Waals surface area contributed by atoms with Crippen molar-refractivity contribution in [2.24, 2.45) is 0 Å². The zero-order valence-electron chi connectivity index (χ0n) is 7.68. The number of hydrogen-bond donors (Lipinski definition) is 2. The Labute approximate surface area is 99.1 Å². The molecular weight excluding hydrogens is 314 g/mol. The highest BCUT2D eigenvalue weighted by Crippen LogP contribution is 2.12. The monoisotopic (exact) mass is 323 g/mol. The van der Waals surface area contributed by atoms with Gasteiger partial charge >= 0.3 is 0 Å². The van der Waals surface area contributed by atoms with Crippen molar-refractivity contribution in [3.8, 4) is 0 Å². The molecule has 2 N–H and O–H groups in total. The summed E-state index contributed by atoms with van der Waals surface area (Å²) in [7, 11) is 0. The number of halogens is 2. The van der Waals surface area contributed by atoms with Gasteiger partial charge in [-0.2, -0.15) is 5.10 Å². The lowest BCUT2D eigenvalue weighted by atomic mass is 10.1. The smallest absolute Gasteiger partial charge is 0.269 e. The maximum absolute atomic E-state index is 11.6. The molecule has 0 aliphatic rings. The van der Waals surface area contributed by atoms with E-state index < -0.39 is 0 Å². The predicted octanol–water partition coefficient (Wildman–Crippen LogP) is 1.69. The number of carbonyl (C=O) groups excluding carboxylic acids is 1. The van der Waals surface area contributed by atoms with Gasteiger partial charge in [0.15, 0.2) is 0 Å². The van der Waals surface area contributed by atoms with E-state index in [2.05, 4.69) is 47.4 Å². The van der Waals surface area contributed by atoms with Crippen LogP contribution in [0.5, 0.6) is 0 Å². The van der Waals surface area contributed by atoms with E-state index in [1.54, 1.807) is 12.3 Å². The van der Waals surface area contributed by atoms with Crippen molar-refractivity contribution in [2.75, 3.05) is 10.7 Å². The van der Waals surface area contributed by atoms with Crippen molar-refractivity contribution in [2.45, 2.75) is 12.5 Å². The minimum absolute atomic E-state index is 0.149. The summed E-state index contributed by atoms with van der Waals surface area (Å²) in [4.78, 5) is 11.6. The van der Waals surface area contributed by atoms with E-state index in [4.69, 9.17) is 0 Å². The average Bonchev–Trinajstić information content (AvgIpc) is 2.70. The fraction of sp³-hybridized carbons (Fsp3) is 0.500. The molecule has 1 heterocycles. The maximum Gasteiger partial charge on any atom is 0.269 e. The lowest BCUT2D eigenvalue weighted by Gasteiger charge is -2.25. The molecule has 0 aliphatic carbocycles. The molecule has 0 atom stereocenters. The largest absolute Gasteiger partial charge is 0.344 e. The third-order valence-corrected chi connectivity index (χ3v) is 4.23. The molecule has 4 nitrogen and oxygen atoms in total. The molecule has 6 heteroatoms. The first-order chi connectivity index (χ1) is 6.61. The maximum atomic E-state index is 11.6. The fourth-order valence-corrected chi connectivity index (χ4v) is 2.04. The summed E-state index contributed by atoms with van der Waals surface area (Å²) in [6.45, 7) is 1.95. The van der Waals surface area contributed by atoms with Gasteiger partial charge in [-0.05, 0) is 13.0 Å². The van der Waals surface area contributed by atoms with Crippen molar-refractivity contribution in [3.05, 3.63) is 18.0 Å².